The van der Waals surface area contributed by atoms with Crippen molar-refractivity contribution >= 4 is 5.97 Å². The highest BCUT2D eigenvalue weighted by atomic mass is 16.4. The summed E-state index contributed by atoms with van der Waals surface area (Å²) in [6, 6.07) is 3.56. The first-order valence-electron chi connectivity index (χ1n) is 7.23. The Bertz CT molecular complexity index is 513. The highest BCUT2D eigenvalue weighted by Crippen LogP contribution is 2.45. The molecule has 0 heterocycles. The van der Waals surface area contributed by atoms with Gasteiger partial charge < -0.3 is 10.2 Å². The Kier molecular flexibility index (Phi) is 3.00. The molecular formula is C16H20O3. The lowest BCUT2D eigenvalue weighted by Crippen LogP contribution is -2.34. The van der Waals surface area contributed by atoms with Crippen LogP contribution < -0.4 is 0 Å². The number of carboxylic acid groups (broad SMARTS) is 1. The fourth-order valence-corrected chi connectivity index (χ4v) is 3.87. The van der Waals surface area contributed by atoms with Crippen LogP contribution in [-0.4, -0.2) is 16.2 Å². The first kappa shape index (κ1) is 12.5. The van der Waals surface area contributed by atoms with Crippen molar-refractivity contribution in [3.63, 3.8) is 0 Å². The molecule has 0 saturated heterocycles. The number of fused-ring (bicyclic) bond motifs is 1. The van der Waals surface area contributed by atoms with E-state index in [1.165, 1.54) is 0 Å². The van der Waals surface area contributed by atoms with Crippen molar-refractivity contribution in [2.75, 3.05) is 0 Å². The number of rotatable bonds is 2. The third kappa shape index (κ3) is 1.83. The zero-order valence-corrected chi connectivity index (χ0v) is 11.1. The third-order valence-corrected chi connectivity index (χ3v) is 4.89. The molecule has 2 aliphatic carbocycles. The van der Waals surface area contributed by atoms with E-state index in [1.807, 2.05) is 6.07 Å². The molecule has 0 bridgehead atoms. The summed E-state index contributed by atoms with van der Waals surface area (Å²) in [5.41, 5.74) is 2.40. The van der Waals surface area contributed by atoms with Crippen LogP contribution in [-0.2, 0) is 23.1 Å². The number of aliphatic carboxylic acids is 1. The number of benzene rings is 1. The second-order valence-electron chi connectivity index (χ2n) is 5.89. The topological polar surface area (TPSA) is 57.5 Å². The zero-order valence-electron chi connectivity index (χ0n) is 11.1. The summed E-state index contributed by atoms with van der Waals surface area (Å²) in [7, 11) is 0. The van der Waals surface area contributed by atoms with Gasteiger partial charge in [0.25, 0.3) is 0 Å². The molecule has 0 spiro atoms. The minimum Gasteiger partial charge on any atom is -0.508 e. The molecule has 0 amide bonds. The molecule has 1 fully saturated rings. The van der Waals surface area contributed by atoms with Crippen molar-refractivity contribution in [2.45, 2.75) is 56.8 Å². The number of aromatic hydroxyl groups is 1. The number of phenols is 1. The van der Waals surface area contributed by atoms with Crippen molar-refractivity contribution in [2.24, 2.45) is 0 Å². The van der Waals surface area contributed by atoms with Crippen LogP contribution in [0.5, 0.6) is 5.75 Å². The SMILES string of the molecule is O=C(O)C1(c2ccc(O)c3c2CCCC3)CCCC1. The molecule has 0 unspecified atom stereocenters. The molecule has 0 atom stereocenters. The van der Waals surface area contributed by atoms with Crippen LogP contribution in [0.4, 0.5) is 0 Å². The van der Waals surface area contributed by atoms with Crippen LogP contribution in [0.2, 0.25) is 0 Å². The van der Waals surface area contributed by atoms with Gasteiger partial charge in [-0.2, -0.15) is 0 Å². The van der Waals surface area contributed by atoms with Gasteiger partial charge in [-0.1, -0.05) is 18.9 Å². The summed E-state index contributed by atoms with van der Waals surface area (Å²) in [4.78, 5) is 11.8. The van der Waals surface area contributed by atoms with Crippen LogP contribution >= 0.6 is 0 Å². The fourth-order valence-electron chi connectivity index (χ4n) is 3.87. The number of hydrogen-bond donors (Lipinski definition) is 2. The second kappa shape index (κ2) is 4.55. The monoisotopic (exact) mass is 260 g/mol. The largest absolute Gasteiger partial charge is 0.508 e. The van der Waals surface area contributed by atoms with Crippen molar-refractivity contribution in [3.8, 4) is 5.75 Å². The molecule has 3 rings (SSSR count). The van der Waals surface area contributed by atoms with Gasteiger partial charge in [0.05, 0.1) is 5.41 Å². The number of hydrogen-bond acceptors (Lipinski definition) is 2. The molecule has 19 heavy (non-hydrogen) atoms. The molecule has 0 aromatic heterocycles. The van der Waals surface area contributed by atoms with E-state index in [4.69, 9.17) is 0 Å². The summed E-state index contributed by atoms with van der Waals surface area (Å²) in [5.74, 6) is -0.347. The summed E-state index contributed by atoms with van der Waals surface area (Å²) in [6.07, 6.45) is 7.42. The average molecular weight is 260 g/mol. The van der Waals surface area contributed by atoms with Gasteiger partial charge in [0, 0.05) is 0 Å². The molecule has 0 radical (unpaired) electrons. The number of carboxylic acids is 1. The first-order chi connectivity index (χ1) is 9.15. The average Bonchev–Trinajstić information content (AvgIpc) is 2.90. The van der Waals surface area contributed by atoms with Gasteiger partial charge in [-0.3, -0.25) is 4.79 Å². The fraction of sp³-hybridized carbons (Fsp3) is 0.562. The van der Waals surface area contributed by atoms with E-state index >= 15 is 0 Å². The molecular weight excluding hydrogens is 240 g/mol. The van der Waals surface area contributed by atoms with E-state index in [0.29, 0.717) is 5.75 Å². The molecule has 1 aromatic carbocycles. The smallest absolute Gasteiger partial charge is 0.314 e. The standard InChI is InChI=1S/C16H20O3/c17-14-8-7-13(11-5-1-2-6-12(11)14)16(15(18)19)9-3-4-10-16/h7-8,17H,1-6,9-10H2,(H,18,19). The lowest BCUT2D eigenvalue weighted by atomic mass is 9.73. The van der Waals surface area contributed by atoms with Crippen molar-refractivity contribution in [1.82, 2.24) is 0 Å². The third-order valence-electron chi connectivity index (χ3n) is 4.89. The van der Waals surface area contributed by atoms with Crippen LogP contribution in [0, 0.1) is 0 Å². The molecule has 3 nitrogen and oxygen atoms in total. The van der Waals surface area contributed by atoms with Crippen molar-refractivity contribution in [1.29, 1.82) is 0 Å². The molecule has 1 aromatic rings. The zero-order chi connectivity index (χ0) is 13.5. The van der Waals surface area contributed by atoms with E-state index in [9.17, 15) is 15.0 Å². The Morgan fingerprint density at radius 1 is 1.00 bits per heavy atom. The second-order valence-corrected chi connectivity index (χ2v) is 5.89. The predicted octanol–water partition coefficient (Wildman–Crippen LogP) is 3.17. The quantitative estimate of drug-likeness (QED) is 0.858. The molecule has 1 saturated carbocycles. The van der Waals surface area contributed by atoms with Gasteiger partial charge in [0.1, 0.15) is 5.75 Å². The molecule has 0 aliphatic heterocycles. The van der Waals surface area contributed by atoms with Crippen LogP contribution in [0.3, 0.4) is 0 Å². The first-order valence-corrected chi connectivity index (χ1v) is 7.23. The Morgan fingerprint density at radius 2 is 1.63 bits per heavy atom. The Balaban J connectivity index is 2.17. The van der Waals surface area contributed by atoms with E-state index < -0.39 is 11.4 Å². The molecule has 2 N–H and O–H groups in total. The van der Waals surface area contributed by atoms with E-state index in [1.54, 1.807) is 6.07 Å². The summed E-state index contributed by atoms with van der Waals surface area (Å²) in [6.45, 7) is 0. The Labute approximate surface area is 113 Å². The van der Waals surface area contributed by atoms with E-state index in [0.717, 1.165) is 68.1 Å². The Hall–Kier alpha value is -1.51. The summed E-state index contributed by atoms with van der Waals surface area (Å²) < 4.78 is 0. The minimum absolute atomic E-state index is 0.344. The van der Waals surface area contributed by atoms with Crippen LogP contribution in [0.1, 0.15) is 55.2 Å². The molecule has 2 aliphatic rings. The minimum atomic E-state index is -0.699. The highest BCUT2D eigenvalue weighted by molar-refractivity contribution is 5.82. The van der Waals surface area contributed by atoms with E-state index in [-0.39, 0.29) is 0 Å². The predicted molar refractivity (Wildman–Crippen MR) is 72.5 cm³/mol. The molecule has 102 valence electrons. The Morgan fingerprint density at radius 3 is 2.26 bits per heavy atom. The van der Waals surface area contributed by atoms with Gasteiger partial charge in [-0.05, 0) is 61.3 Å². The van der Waals surface area contributed by atoms with Gasteiger partial charge in [-0.25, -0.2) is 0 Å². The van der Waals surface area contributed by atoms with Gasteiger partial charge in [0.15, 0.2) is 0 Å². The van der Waals surface area contributed by atoms with Crippen molar-refractivity contribution in [3.05, 3.63) is 28.8 Å². The number of carbonyl (C=O) groups is 1. The van der Waals surface area contributed by atoms with Gasteiger partial charge in [-0.15, -0.1) is 0 Å². The number of phenolic OH excluding ortho intramolecular Hbond substituents is 1. The maximum Gasteiger partial charge on any atom is 0.314 e. The maximum atomic E-state index is 11.8. The summed E-state index contributed by atoms with van der Waals surface area (Å²) >= 11 is 0. The van der Waals surface area contributed by atoms with Gasteiger partial charge in [0.2, 0.25) is 0 Å². The maximum absolute atomic E-state index is 11.8. The van der Waals surface area contributed by atoms with Crippen molar-refractivity contribution < 1.29 is 15.0 Å². The van der Waals surface area contributed by atoms with Crippen LogP contribution in [0.15, 0.2) is 12.1 Å². The normalized spacial score (nSPS) is 21.1. The molecule has 3 heteroatoms. The van der Waals surface area contributed by atoms with Crippen LogP contribution in [0.25, 0.3) is 0 Å². The summed E-state index contributed by atoms with van der Waals surface area (Å²) in [5, 5.41) is 19.7. The van der Waals surface area contributed by atoms with Gasteiger partial charge >= 0.3 is 5.97 Å². The highest BCUT2D eigenvalue weighted by Gasteiger charge is 2.44. The van der Waals surface area contributed by atoms with E-state index in [2.05, 4.69) is 0 Å². The lowest BCUT2D eigenvalue weighted by molar-refractivity contribution is -0.143. The lowest BCUT2D eigenvalue weighted by Gasteiger charge is -2.30.